The molecule has 0 unspecified atom stereocenters. The van der Waals surface area contributed by atoms with Crippen LogP contribution in [0, 0.1) is 6.92 Å². The van der Waals surface area contributed by atoms with Gasteiger partial charge in [0.25, 0.3) is 5.56 Å². The molecular formula is C22H40N2O5SSi2. The lowest BCUT2D eigenvalue weighted by molar-refractivity contribution is 0.0706. The van der Waals surface area contributed by atoms with Gasteiger partial charge in [0.1, 0.15) is 0 Å². The van der Waals surface area contributed by atoms with E-state index in [1.54, 1.807) is 29.4 Å². The van der Waals surface area contributed by atoms with Gasteiger partial charge in [0.2, 0.25) is 0 Å². The van der Waals surface area contributed by atoms with Crippen molar-refractivity contribution >= 4 is 28.9 Å². The summed E-state index contributed by atoms with van der Waals surface area (Å²) in [5.74, 6) is 0. The minimum absolute atomic E-state index is 0.0491. The Kier molecular flexibility index (Phi) is 7.74. The Morgan fingerprint density at radius 2 is 1.56 bits per heavy atom. The molecule has 1 aromatic rings. The van der Waals surface area contributed by atoms with Crippen molar-refractivity contribution in [2.45, 2.75) is 108 Å². The first-order chi connectivity index (χ1) is 14.8. The lowest BCUT2D eigenvalue weighted by Crippen LogP contribution is -2.64. The molecule has 7 nitrogen and oxygen atoms in total. The smallest absolute Gasteiger partial charge is 0.334 e. The second-order valence-electron chi connectivity index (χ2n) is 10.5. The number of rotatable bonds is 5. The van der Waals surface area contributed by atoms with Crippen LogP contribution in [0.3, 0.4) is 0 Å². The van der Waals surface area contributed by atoms with E-state index in [1.165, 1.54) is 0 Å². The Morgan fingerprint density at radius 3 is 2.09 bits per heavy atom. The van der Waals surface area contributed by atoms with Gasteiger partial charge in [0.05, 0.1) is 23.3 Å². The highest BCUT2D eigenvalue weighted by Gasteiger charge is 2.59. The van der Waals surface area contributed by atoms with E-state index in [1.807, 2.05) is 0 Å². The molecule has 0 radical (unpaired) electrons. The van der Waals surface area contributed by atoms with Crippen molar-refractivity contribution in [1.29, 1.82) is 0 Å². The summed E-state index contributed by atoms with van der Waals surface area (Å²) in [6.07, 6.45) is 2.32. The average molecular weight is 501 g/mol. The predicted octanol–water partition coefficient (Wildman–Crippen LogP) is 4.81. The molecule has 0 aliphatic carbocycles. The van der Waals surface area contributed by atoms with Gasteiger partial charge in [-0.25, -0.2) is 4.79 Å². The van der Waals surface area contributed by atoms with E-state index in [2.05, 4.69) is 60.4 Å². The Bertz CT molecular complexity index is 914. The van der Waals surface area contributed by atoms with E-state index in [9.17, 15) is 9.59 Å². The van der Waals surface area contributed by atoms with Crippen LogP contribution in [0.25, 0.3) is 0 Å². The van der Waals surface area contributed by atoms with E-state index < -0.39 is 17.1 Å². The fourth-order valence-corrected chi connectivity index (χ4v) is 18.1. The molecule has 0 amide bonds. The second-order valence-corrected chi connectivity index (χ2v) is 20.7. The maximum absolute atomic E-state index is 12.6. The molecule has 10 heteroatoms. The number of hydrogen-bond acceptors (Lipinski definition) is 6. The van der Waals surface area contributed by atoms with Crippen LogP contribution in [-0.4, -0.2) is 44.6 Å². The van der Waals surface area contributed by atoms with Gasteiger partial charge in [-0.3, -0.25) is 14.3 Å². The van der Waals surface area contributed by atoms with Crippen molar-refractivity contribution in [3.8, 4) is 0 Å². The van der Waals surface area contributed by atoms with Gasteiger partial charge in [0, 0.05) is 18.2 Å². The average Bonchev–Trinajstić information content (AvgIpc) is 3.05. The van der Waals surface area contributed by atoms with Crippen LogP contribution >= 0.6 is 11.8 Å². The highest BCUT2D eigenvalue weighted by molar-refractivity contribution is 8.00. The van der Waals surface area contributed by atoms with Crippen molar-refractivity contribution in [2.24, 2.45) is 0 Å². The summed E-state index contributed by atoms with van der Waals surface area (Å²) < 4.78 is 22.8. The molecule has 182 valence electrons. The monoisotopic (exact) mass is 500 g/mol. The number of hydrogen-bond donors (Lipinski definition) is 1. The van der Waals surface area contributed by atoms with E-state index in [4.69, 9.17) is 13.0 Å². The first-order valence-corrected chi connectivity index (χ1v) is 16.7. The van der Waals surface area contributed by atoms with Crippen LogP contribution in [0.1, 0.15) is 72.7 Å². The maximum atomic E-state index is 12.6. The first-order valence-electron chi connectivity index (χ1n) is 11.8. The van der Waals surface area contributed by atoms with Crippen LogP contribution in [0.5, 0.6) is 0 Å². The summed E-state index contributed by atoms with van der Waals surface area (Å²) in [5.41, 5.74) is 0.997. The Labute approximate surface area is 198 Å². The molecule has 2 aliphatic rings. The summed E-state index contributed by atoms with van der Waals surface area (Å²) >= 11 is 1.73. The van der Waals surface area contributed by atoms with Crippen LogP contribution in [0.4, 0.5) is 0 Å². The van der Waals surface area contributed by atoms with Crippen molar-refractivity contribution in [3.05, 3.63) is 32.6 Å². The molecule has 0 bridgehead atoms. The van der Waals surface area contributed by atoms with Crippen molar-refractivity contribution < 1.29 is 13.0 Å². The molecule has 2 saturated heterocycles. The second kappa shape index (κ2) is 9.54. The lowest BCUT2D eigenvalue weighted by Gasteiger charge is -2.51. The van der Waals surface area contributed by atoms with Gasteiger partial charge >= 0.3 is 22.8 Å². The van der Waals surface area contributed by atoms with E-state index in [-0.39, 0.29) is 39.1 Å². The normalized spacial score (nSPS) is 27.7. The number of nitrogens with zero attached hydrogens (tertiary/aromatic N) is 1. The van der Waals surface area contributed by atoms with Gasteiger partial charge in [-0.05, 0) is 29.1 Å². The highest BCUT2D eigenvalue weighted by Crippen LogP contribution is 2.51. The van der Waals surface area contributed by atoms with Gasteiger partial charge < -0.3 is 13.0 Å². The number of fused-ring (bicyclic) bond motifs is 1. The maximum Gasteiger partial charge on any atom is 0.334 e. The Balaban J connectivity index is 2.04. The lowest BCUT2D eigenvalue weighted by atomic mass is 10.2. The molecular weight excluding hydrogens is 460 g/mol. The molecule has 2 fully saturated rings. The molecule has 3 rings (SSSR count). The Hall–Kier alpha value is -0.656. The third-order valence-electron chi connectivity index (χ3n) is 6.98. The molecule has 3 atom stereocenters. The third kappa shape index (κ3) is 4.50. The fraction of sp³-hybridized carbons (Fsp3) is 0.818. The zero-order chi connectivity index (χ0) is 24.0. The van der Waals surface area contributed by atoms with Gasteiger partial charge in [0.15, 0.2) is 0 Å². The first kappa shape index (κ1) is 26.0. The quantitative estimate of drug-likeness (QED) is 0.585. The number of aryl methyl sites for hydroxylation is 1. The summed E-state index contributed by atoms with van der Waals surface area (Å²) in [4.78, 5) is 26.9. The number of aromatic nitrogens is 2. The number of H-pyrrole nitrogens is 1. The minimum Gasteiger partial charge on any atom is -0.414 e. The van der Waals surface area contributed by atoms with Crippen molar-refractivity contribution in [3.63, 3.8) is 0 Å². The zero-order valence-electron chi connectivity index (χ0n) is 20.9. The topological polar surface area (TPSA) is 82.6 Å². The fourth-order valence-electron chi connectivity index (χ4n) is 5.11. The minimum atomic E-state index is -2.65. The summed E-state index contributed by atoms with van der Waals surface area (Å²) in [5, 5.41) is 0.0201. The van der Waals surface area contributed by atoms with Gasteiger partial charge in [-0.2, -0.15) is 0 Å². The van der Waals surface area contributed by atoms with Crippen LogP contribution in [0.2, 0.25) is 22.2 Å². The van der Waals surface area contributed by atoms with Crippen molar-refractivity contribution in [2.75, 3.05) is 6.61 Å². The zero-order valence-corrected chi connectivity index (χ0v) is 23.7. The van der Waals surface area contributed by atoms with E-state index >= 15 is 0 Å². The molecule has 2 aliphatic heterocycles. The van der Waals surface area contributed by atoms with E-state index in [0.29, 0.717) is 29.7 Å². The molecule has 3 heterocycles. The van der Waals surface area contributed by atoms with Crippen LogP contribution < -0.4 is 11.2 Å². The number of aromatic amines is 1. The summed E-state index contributed by atoms with van der Waals surface area (Å²) in [7, 11) is -5.21. The summed E-state index contributed by atoms with van der Waals surface area (Å²) in [6, 6.07) is 0. The molecule has 0 spiro atoms. The highest BCUT2D eigenvalue weighted by atomic mass is 32.2. The van der Waals surface area contributed by atoms with Gasteiger partial charge in [-0.15, -0.1) is 11.8 Å². The summed E-state index contributed by atoms with van der Waals surface area (Å²) in [6.45, 7) is 20.1. The van der Waals surface area contributed by atoms with Crippen LogP contribution in [0.15, 0.2) is 15.8 Å². The van der Waals surface area contributed by atoms with E-state index in [0.717, 1.165) is 0 Å². The van der Waals surface area contributed by atoms with Gasteiger partial charge in [-0.1, -0.05) is 55.4 Å². The molecule has 0 aromatic carbocycles. The number of thioether (sulfide) groups is 1. The SMILES string of the molecule is Cc1cn([C@H]2C[C@@H]3O[Si](C(C)C)(C(C)C)O[Si](C(C)C)(C(C)C)OC[C@H]3S2)c(=O)[nH]c1=O. The number of nitrogens with one attached hydrogen (secondary N) is 1. The largest absolute Gasteiger partial charge is 0.414 e. The predicted molar refractivity (Wildman–Crippen MR) is 135 cm³/mol. The Morgan fingerprint density at radius 1 is 1.00 bits per heavy atom. The van der Waals surface area contributed by atoms with Crippen LogP contribution in [-0.2, 0) is 13.0 Å². The molecule has 1 N–H and O–H groups in total. The molecule has 1 aromatic heterocycles. The molecule has 0 saturated carbocycles. The standard InChI is InChI=1S/C22H40N2O5SSi2/c1-13(2)31(14(3)4)27-12-19-18(28-32(29-31,15(5)6)16(7)8)10-20(30-19)24-11-17(9)21(25)23-22(24)26/h11,13-16,18-20H,10,12H2,1-9H3,(H,23,25,26)/t18-,19+,20+/m0/s1. The third-order valence-corrected chi connectivity index (χ3v) is 18.8. The molecule has 32 heavy (non-hydrogen) atoms. The van der Waals surface area contributed by atoms with Crippen molar-refractivity contribution in [1.82, 2.24) is 9.55 Å².